The summed E-state index contributed by atoms with van der Waals surface area (Å²) < 4.78 is 1.47. The Morgan fingerprint density at radius 1 is 1.47 bits per heavy atom. The molecule has 0 aliphatic carbocycles. The predicted octanol–water partition coefficient (Wildman–Crippen LogP) is 3.64. The monoisotopic (exact) mass is 321 g/mol. The van der Waals surface area contributed by atoms with Gasteiger partial charge in [0.15, 0.2) is 0 Å². The van der Waals surface area contributed by atoms with Crippen molar-refractivity contribution in [1.29, 1.82) is 0 Å². The summed E-state index contributed by atoms with van der Waals surface area (Å²) in [6, 6.07) is 3.85. The van der Waals surface area contributed by atoms with E-state index in [0.29, 0.717) is 4.47 Å². The molecular weight excluding hydrogens is 318 g/mol. The minimum Gasteiger partial charge on any atom is -0.249 e. The topological polar surface area (TPSA) is 38.7 Å². The van der Waals surface area contributed by atoms with Crippen LogP contribution in [0.25, 0.3) is 0 Å². The minimum absolute atomic E-state index is 0.477. The number of thioether (sulfide) groups is 1. The van der Waals surface area contributed by atoms with Crippen LogP contribution in [0.1, 0.15) is 5.01 Å². The van der Waals surface area contributed by atoms with E-state index in [1.54, 1.807) is 18.0 Å². The molecule has 0 aliphatic rings. The number of rotatable bonds is 3. The summed E-state index contributed by atoms with van der Waals surface area (Å²) in [6.07, 6.45) is 1.76. The van der Waals surface area contributed by atoms with Crippen molar-refractivity contribution >= 4 is 50.6 Å². The fraction of sp³-hybridized carbons (Fsp3) is 0.125. The second-order valence-corrected chi connectivity index (χ2v) is 5.99. The predicted molar refractivity (Wildman–Crippen MR) is 66.4 cm³/mol. The van der Waals surface area contributed by atoms with Crippen LogP contribution in [-0.2, 0) is 5.75 Å². The SMILES string of the molecule is Clc1nnc(CSc2ncccc2Br)s1. The Bertz CT molecular complexity index is 463. The van der Waals surface area contributed by atoms with E-state index in [-0.39, 0.29) is 0 Å². The average Bonchev–Trinajstić information content (AvgIpc) is 2.63. The van der Waals surface area contributed by atoms with Gasteiger partial charge in [0.25, 0.3) is 0 Å². The molecule has 0 amide bonds. The Morgan fingerprint density at radius 3 is 3.00 bits per heavy atom. The highest BCUT2D eigenvalue weighted by Crippen LogP contribution is 2.29. The van der Waals surface area contributed by atoms with E-state index >= 15 is 0 Å². The molecule has 0 unspecified atom stereocenters. The molecule has 3 nitrogen and oxygen atoms in total. The van der Waals surface area contributed by atoms with Gasteiger partial charge < -0.3 is 0 Å². The first kappa shape index (κ1) is 11.3. The van der Waals surface area contributed by atoms with E-state index in [4.69, 9.17) is 11.6 Å². The third-order valence-electron chi connectivity index (χ3n) is 1.50. The fourth-order valence-electron chi connectivity index (χ4n) is 0.899. The van der Waals surface area contributed by atoms with Gasteiger partial charge in [-0.15, -0.1) is 10.2 Å². The van der Waals surface area contributed by atoms with Crippen LogP contribution in [0.2, 0.25) is 4.47 Å². The van der Waals surface area contributed by atoms with E-state index in [1.165, 1.54) is 11.3 Å². The summed E-state index contributed by atoms with van der Waals surface area (Å²) in [5.41, 5.74) is 0. The van der Waals surface area contributed by atoms with Gasteiger partial charge in [0.2, 0.25) is 4.47 Å². The number of nitrogens with zero attached hydrogens (tertiary/aromatic N) is 3. The molecule has 0 aliphatic heterocycles. The maximum Gasteiger partial charge on any atom is 0.207 e. The first-order chi connectivity index (χ1) is 7.25. The minimum atomic E-state index is 0.477. The van der Waals surface area contributed by atoms with Gasteiger partial charge in [0, 0.05) is 10.7 Å². The van der Waals surface area contributed by atoms with E-state index in [9.17, 15) is 0 Å². The van der Waals surface area contributed by atoms with Gasteiger partial charge >= 0.3 is 0 Å². The number of aromatic nitrogens is 3. The lowest BCUT2D eigenvalue weighted by Crippen LogP contribution is -1.83. The van der Waals surface area contributed by atoms with Crippen LogP contribution in [0, 0.1) is 0 Å². The lowest BCUT2D eigenvalue weighted by Gasteiger charge is -1.99. The van der Waals surface area contributed by atoms with E-state index < -0.39 is 0 Å². The Morgan fingerprint density at radius 2 is 2.33 bits per heavy atom. The Labute approximate surface area is 108 Å². The van der Waals surface area contributed by atoms with Gasteiger partial charge in [-0.2, -0.15) is 0 Å². The molecule has 0 saturated heterocycles. The van der Waals surface area contributed by atoms with Gasteiger partial charge in [0.05, 0.1) is 5.75 Å². The molecule has 0 bridgehead atoms. The molecule has 0 saturated carbocycles. The third-order valence-corrected chi connectivity index (χ3v) is 4.62. The second kappa shape index (κ2) is 5.25. The molecule has 2 aromatic rings. The molecule has 0 atom stereocenters. The van der Waals surface area contributed by atoms with Gasteiger partial charge in [-0.25, -0.2) is 4.98 Å². The van der Waals surface area contributed by atoms with Crippen LogP contribution >= 0.6 is 50.6 Å². The normalized spacial score (nSPS) is 10.5. The van der Waals surface area contributed by atoms with Crippen LogP contribution in [-0.4, -0.2) is 15.2 Å². The van der Waals surface area contributed by atoms with Crippen molar-refractivity contribution in [2.75, 3.05) is 0 Å². The molecule has 0 fully saturated rings. The zero-order chi connectivity index (χ0) is 10.7. The molecule has 0 radical (unpaired) electrons. The van der Waals surface area contributed by atoms with Crippen molar-refractivity contribution in [2.24, 2.45) is 0 Å². The highest BCUT2D eigenvalue weighted by molar-refractivity contribution is 9.10. The highest BCUT2D eigenvalue weighted by atomic mass is 79.9. The first-order valence-electron chi connectivity index (χ1n) is 3.97. The zero-order valence-electron chi connectivity index (χ0n) is 7.35. The number of hydrogen-bond acceptors (Lipinski definition) is 5. The van der Waals surface area contributed by atoms with Gasteiger partial charge in [-0.1, -0.05) is 23.1 Å². The molecule has 2 heterocycles. The second-order valence-electron chi connectivity index (χ2n) is 2.53. The summed E-state index contributed by atoms with van der Waals surface area (Å²) >= 11 is 12.1. The third kappa shape index (κ3) is 3.14. The van der Waals surface area contributed by atoms with Crippen LogP contribution in [0.5, 0.6) is 0 Å². The molecule has 2 aromatic heterocycles. The smallest absolute Gasteiger partial charge is 0.207 e. The van der Waals surface area contributed by atoms with Crippen LogP contribution in [0.4, 0.5) is 0 Å². The van der Waals surface area contributed by atoms with Crippen molar-refractivity contribution in [3.63, 3.8) is 0 Å². The molecular formula is C8H5BrClN3S2. The largest absolute Gasteiger partial charge is 0.249 e. The molecule has 2 rings (SSSR count). The molecule has 15 heavy (non-hydrogen) atoms. The van der Waals surface area contributed by atoms with Gasteiger partial charge in [-0.3, -0.25) is 0 Å². The van der Waals surface area contributed by atoms with Gasteiger partial charge in [-0.05, 0) is 39.7 Å². The maximum atomic E-state index is 5.68. The lowest BCUT2D eigenvalue weighted by atomic mass is 10.5. The Balaban J connectivity index is 2.02. The van der Waals surface area contributed by atoms with Crippen LogP contribution < -0.4 is 0 Å². The van der Waals surface area contributed by atoms with Crippen molar-refractivity contribution in [1.82, 2.24) is 15.2 Å². The van der Waals surface area contributed by atoms with E-state index in [0.717, 1.165) is 20.3 Å². The fourth-order valence-corrected chi connectivity index (χ4v) is 3.23. The average molecular weight is 323 g/mol. The van der Waals surface area contributed by atoms with E-state index in [2.05, 4.69) is 31.1 Å². The summed E-state index contributed by atoms with van der Waals surface area (Å²) in [7, 11) is 0. The number of halogens is 2. The molecule has 0 aromatic carbocycles. The number of pyridine rings is 1. The molecule has 78 valence electrons. The molecule has 0 N–H and O–H groups in total. The van der Waals surface area contributed by atoms with Crippen molar-refractivity contribution in [3.8, 4) is 0 Å². The Kier molecular flexibility index (Phi) is 3.96. The lowest BCUT2D eigenvalue weighted by molar-refractivity contribution is 1.04. The summed E-state index contributed by atoms with van der Waals surface area (Å²) in [4.78, 5) is 4.24. The maximum absolute atomic E-state index is 5.68. The number of hydrogen-bond donors (Lipinski definition) is 0. The van der Waals surface area contributed by atoms with Crippen molar-refractivity contribution in [2.45, 2.75) is 10.8 Å². The zero-order valence-corrected chi connectivity index (χ0v) is 11.3. The first-order valence-corrected chi connectivity index (χ1v) is 6.94. The van der Waals surface area contributed by atoms with Crippen molar-refractivity contribution < 1.29 is 0 Å². The Hall–Kier alpha value is -0.170. The van der Waals surface area contributed by atoms with E-state index in [1.807, 2.05) is 12.1 Å². The summed E-state index contributed by atoms with van der Waals surface area (Å²) in [5, 5.41) is 9.53. The summed E-state index contributed by atoms with van der Waals surface area (Å²) in [6.45, 7) is 0. The highest BCUT2D eigenvalue weighted by Gasteiger charge is 2.05. The van der Waals surface area contributed by atoms with Crippen LogP contribution in [0.15, 0.2) is 27.8 Å². The summed E-state index contributed by atoms with van der Waals surface area (Å²) in [5.74, 6) is 0.736. The van der Waals surface area contributed by atoms with Gasteiger partial charge in [0.1, 0.15) is 10.0 Å². The quantitative estimate of drug-likeness (QED) is 0.809. The molecule has 7 heteroatoms. The van der Waals surface area contributed by atoms with Crippen molar-refractivity contribution in [3.05, 3.63) is 32.3 Å². The van der Waals surface area contributed by atoms with Crippen LogP contribution in [0.3, 0.4) is 0 Å². The molecule has 0 spiro atoms. The standard InChI is InChI=1S/C8H5BrClN3S2/c9-5-2-1-3-11-7(5)14-4-6-12-13-8(10)15-6/h1-3H,4H2.